The first-order valence-corrected chi connectivity index (χ1v) is 9.91. The summed E-state index contributed by atoms with van der Waals surface area (Å²) in [5.41, 5.74) is 3.76. The number of benzene rings is 2. The molecular formula is C21H21FN2O2S. The van der Waals surface area contributed by atoms with Crippen LogP contribution in [-0.4, -0.2) is 35.0 Å². The predicted molar refractivity (Wildman–Crippen MR) is 105 cm³/mol. The normalized spacial score (nSPS) is 15.3. The van der Waals surface area contributed by atoms with Gasteiger partial charge in [-0.1, -0.05) is 29.5 Å². The fourth-order valence-electron chi connectivity index (χ4n) is 3.41. The highest BCUT2D eigenvalue weighted by atomic mass is 32.1. The van der Waals surface area contributed by atoms with Gasteiger partial charge in [-0.2, -0.15) is 0 Å². The van der Waals surface area contributed by atoms with Crippen molar-refractivity contribution in [2.24, 2.45) is 0 Å². The van der Waals surface area contributed by atoms with E-state index in [1.807, 2.05) is 0 Å². The van der Waals surface area contributed by atoms with Crippen molar-refractivity contribution >= 4 is 27.5 Å². The number of amides is 1. The molecule has 1 aliphatic rings. The maximum absolute atomic E-state index is 13.3. The molecule has 0 spiro atoms. The summed E-state index contributed by atoms with van der Waals surface area (Å²) in [6, 6.07) is 10.0. The lowest BCUT2D eigenvalue weighted by atomic mass is 10.1. The minimum absolute atomic E-state index is 0.0442. The number of ether oxygens (including phenoxy) is 1. The lowest BCUT2D eigenvalue weighted by Crippen LogP contribution is -2.41. The van der Waals surface area contributed by atoms with Crippen LogP contribution in [0.2, 0.25) is 0 Å². The number of likely N-dealkylation sites (tertiary alicyclic amines) is 1. The summed E-state index contributed by atoms with van der Waals surface area (Å²) in [5.74, 6) is -0.514. The molecule has 140 valence electrons. The van der Waals surface area contributed by atoms with Gasteiger partial charge >= 0.3 is 0 Å². The highest BCUT2D eigenvalue weighted by Gasteiger charge is 2.25. The lowest BCUT2D eigenvalue weighted by molar-refractivity contribution is 0.0595. The minimum atomic E-state index is -0.388. The maximum Gasteiger partial charge on any atom is 0.274 e. The molecule has 27 heavy (non-hydrogen) atoms. The second-order valence-electron chi connectivity index (χ2n) is 6.98. The molecule has 1 saturated heterocycles. The summed E-state index contributed by atoms with van der Waals surface area (Å²) in [7, 11) is 0. The molecule has 6 heteroatoms. The van der Waals surface area contributed by atoms with Gasteiger partial charge in [-0.15, -0.1) is 0 Å². The van der Waals surface area contributed by atoms with Gasteiger partial charge in [-0.25, -0.2) is 9.37 Å². The van der Waals surface area contributed by atoms with Crippen LogP contribution in [0.3, 0.4) is 0 Å². The van der Waals surface area contributed by atoms with Crippen molar-refractivity contribution in [3.63, 3.8) is 0 Å². The number of halogens is 1. The van der Waals surface area contributed by atoms with E-state index in [-0.39, 0.29) is 17.8 Å². The van der Waals surface area contributed by atoms with E-state index in [0.717, 1.165) is 23.9 Å². The number of hydrogen-bond donors (Lipinski definition) is 0. The Hall–Kier alpha value is -2.47. The molecule has 0 bridgehead atoms. The zero-order valence-corrected chi connectivity index (χ0v) is 16.2. The molecular weight excluding hydrogens is 363 g/mol. The van der Waals surface area contributed by atoms with E-state index in [1.165, 1.54) is 22.4 Å². The third kappa shape index (κ3) is 3.67. The van der Waals surface area contributed by atoms with Crippen LogP contribution in [0.15, 0.2) is 36.4 Å². The van der Waals surface area contributed by atoms with E-state index in [4.69, 9.17) is 4.74 Å². The van der Waals surface area contributed by atoms with Crippen LogP contribution in [0.25, 0.3) is 10.2 Å². The summed E-state index contributed by atoms with van der Waals surface area (Å²) in [6.07, 6.45) is 1.53. The Kier molecular flexibility index (Phi) is 4.83. The van der Waals surface area contributed by atoms with Gasteiger partial charge in [-0.3, -0.25) is 4.79 Å². The van der Waals surface area contributed by atoms with Gasteiger partial charge in [0.2, 0.25) is 0 Å². The monoisotopic (exact) mass is 384 g/mol. The first-order chi connectivity index (χ1) is 13.0. The van der Waals surface area contributed by atoms with Crippen molar-refractivity contribution in [3.8, 4) is 5.19 Å². The number of piperidine rings is 1. The number of nitrogens with zero attached hydrogens (tertiary/aromatic N) is 2. The highest BCUT2D eigenvalue weighted by molar-refractivity contribution is 7.20. The topological polar surface area (TPSA) is 42.4 Å². The van der Waals surface area contributed by atoms with Crippen molar-refractivity contribution in [2.75, 3.05) is 13.1 Å². The third-order valence-corrected chi connectivity index (χ3v) is 6.07. The summed E-state index contributed by atoms with van der Waals surface area (Å²) < 4.78 is 20.6. The Morgan fingerprint density at radius 3 is 2.63 bits per heavy atom. The summed E-state index contributed by atoms with van der Waals surface area (Å²) in [4.78, 5) is 18.9. The predicted octanol–water partition coefficient (Wildman–Crippen LogP) is 4.74. The van der Waals surface area contributed by atoms with Crippen molar-refractivity contribution in [2.45, 2.75) is 32.8 Å². The van der Waals surface area contributed by atoms with Crippen LogP contribution in [-0.2, 0) is 0 Å². The first kappa shape index (κ1) is 17.9. The second-order valence-corrected chi connectivity index (χ2v) is 7.94. The SMILES string of the molecule is Cc1ccc(C)c2sc(OC3CCN(C(=O)c4cccc(F)c4)CC3)nc12. The number of aryl methyl sites for hydroxylation is 2. The Morgan fingerprint density at radius 2 is 1.93 bits per heavy atom. The van der Waals surface area contributed by atoms with E-state index in [0.29, 0.717) is 23.8 Å². The molecule has 1 fully saturated rings. The number of carbonyl (C=O) groups is 1. The molecule has 0 unspecified atom stereocenters. The molecule has 0 N–H and O–H groups in total. The molecule has 0 radical (unpaired) electrons. The quantitative estimate of drug-likeness (QED) is 0.655. The Labute approximate surface area is 161 Å². The van der Waals surface area contributed by atoms with Gasteiger partial charge in [0.15, 0.2) is 0 Å². The average Bonchev–Trinajstić information content (AvgIpc) is 3.10. The van der Waals surface area contributed by atoms with Crippen LogP contribution in [0.5, 0.6) is 5.19 Å². The molecule has 1 aliphatic heterocycles. The van der Waals surface area contributed by atoms with E-state index < -0.39 is 0 Å². The number of thiazole rings is 1. The number of carbonyl (C=O) groups excluding carboxylic acids is 1. The van der Waals surface area contributed by atoms with E-state index in [9.17, 15) is 9.18 Å². The standard InChI is InChI=1S/C21H21FN2O2S/c1-13-6-7-14(2)19-18(13)23-21(27-19)26-17-8-10-24(11-9-17)20(25)15-4-3-5-16(22)12-15/h3-7,12,17H,8-11H2,1-2H3. The zero-order valence-electron chi connectivity index (χ0n) is 15.4. The second kappa shape index (κ2) is 7.27. The Bertz CT molecular complexity index is 954. The average molecular weight is 384 g/mol. The largest absolute Gasteiger partial charge is 0.467 e. The van der Waals surface area contributed by atoms with Crippen molar-refractivity contribution in [1.82, 2.24) is 9.88 Å². The summed E-state index contributed by atoms with van der Waals surface area (Å²) >= 11 is 1.58. The third-order valence-electron chi connectivity index (χ3n) is 4.99. The van der Waals surface area contributed by atoms with Crippen LogP contribution < -0.4 is 4.74 Å². The van der Waals surface area contributed by atoms with Gasteiger partial charge in [0.05, 0.1) is 10.2 Å². The van der Waals surface area contributed by atoms with E-state index in [2.05, 4.69) is 31.0 Å². The smallest absolute Gasteiger partial charge is 0.274 e. The molecule has 0 aliphatic carbocycles. The van der Waals surface area contributed by atoms with Crippen LogP contribution in [0, 0.1) is 19.7 Å². The Balaban J connectivity index is 1.40. The van der Waals surface area contributed by atoms with Gasteiger partial charge in [0, 0.05) is 31.5 Å². The minimum Gasteiger partial charge on any atom is -0.467 e. The molecule has 0 atom stereocenters. The van der Waals surface area contributed by atoms with E-state index >= 15 is 0 Å². The molecule has 2 heterocycles. The molecule has 1 aromatic heterocycles. The van der Waals surface area contributed by atoms with Crippen LogP contribution >= 0.6 is 11.3 Å². The summed E-state index contributed by atoms with van der Waals surface area (Å²) in [5, 5.41) is 0.692. The number of rotatable bonds is 3. The maximum atomic E-state index is 13.3. The molecule has 2 aromatic carbocycles. The van der Waals surface area contributed by atoms with Crippen molar-refractivity contribution in [3.05, 3.63) is 58.9 Å². The number of fused-ring (bicyclic) bond motifs is 1. The van der Waals surface area contributed by atoms with Crippen LogP contribution in [0.4, 0.5) is 4.39 Å². The zero-order chi connectivity index (χ0) is 19.0. The molecule has 4 nitrogen and oxygen atoms in total. The fourth-order valence-corrected chi connectivity index (χ4v) is 4.44. The number of aromatic nitrogens is 1. The highest BCUT2D eigenvalue weighted by Crippen LogP contribution is 2.33. The lowest BCUT2D eigenvalue weighted by Gasteiger charge is -2.31. The number of hydrogen-bond acceptors (Lipinski definition) is 4. The van der Waals surface area contributed by atoms with Gasteiger partial charge in [-0.05, 0) is 43.2 Å². The molecule has 1 amide bonds. The van der Waals surface area contributed by atoms with Crippen molar-refractivity contribution in [1.29, 1.82) is 0 Å². The van der Waals surface area contributed by atoms with Crippen LogP contribution in [0.1, 0.15) is 34.3 Å². The Morgan fingerprint density at radius 1 is 1.19 bits per heavy atom. The summed E-state index contributed by atoms with van der Waals surface area (Å²) in [6.45, 7) is 5.34. The first-order valence-electron chi connectivity index (χ1n) is 9.09. The van der Waals surface area contributed by atoms with Gasteiger partial charge < -0.3 is 9.64 Å². The van der Waals surface area contributed by atoms with Gasteiger partial charge in [0.1, 0.15) is 11.9 Å². The fraction of sp³-hybridized carbons (Fsp3) is 0.333. The van der Waals surface area contributed by atoms with Gasteiger partial charge in [0.25, 0.3) is 11.1 Å². The van der Waals surface area contributed by atoms with Crippen molar-refractivity contribution < 1.29 is 13.9 Å². The molecule has 3 aromatic rings. The molecule has 4 rings (SSSR count). The molecule has 0 saturated carbocycles. The van der Waals surface area contributed by atoms with E-state index in [1.54, 1.807) is 28.4 Å².